The molecule has 1 aliphatic rings. The van der Waals surface area contributed by atoms with Gasteiger partial charge < -0.3 is 0 Å². The molecule has 2 rings (SSSR count). The second-order valence-corrected chi connectivity index (χ2v) is 8.45. The molecule has 1 fully saturated rings. The van der Waals surface area contributed by atoms with Gasteiger partial charge >= 0.3 is 0 Å². The Morgan fingerprint density at radius 1 is 1.11 bits per heavy atom. The maximum absolute atomic E-state index is 12.7. The first kappa shape index (κ1) is 13.7. The van der Waals surface area contributed by atoms with Gasteiger partial charge in [0.15, 0.2) is 5.52 Å². The Kier molecular flexibility index (Phi) is 4.95. The number of hydrogen-bond acceptors (Lipinski definition) is 1. The van der Waals surface area contributed by atoms with Gasteiger partial charge in [0.25, 0.3) is 0 Å². The van der Waals surface area contributed by atoms with Crippen LogP contribution in [0.25, 0.3) is 0 Å². The average molecular weight is 262 g/mol. The largest absolute Gasteiger partial charge is 0.289 e. The van der Waals surface area contributed by atoms with E-state index in [2.05, 4.69) is 13.8 Å². The van der Waals surface area contributed by atoms with Crippen molar-refractivity contribution in [3.05, 3.63) is 35.9 Å². The summed E-state index contributed by atoms with van der Waals surface area (Å²) in [5.41, 5.74) is 2.52. The lowest BCUT2D eigenvalue weighted by atomic mass is 10.0. The second-order valence-electron chi connectivity index (χ2n) is 5.46. The van der Waals surface area contributed by atoms with Gasteiger partial charge in [-0.3, -0.25) is 4.79 Å². The van der Waals surface area contributed by atoms with E-state index in [4.69, 9.17) is 0 Å². The molecule has 2 heteroatoms. The van der Waals surface area contributed by atoms with Gasteiger partial charge in [-0.05, 0) is 32.1 Å². The fraction of sp³-hybridized carbons (Fsp3) is 0.562. The topological polar surface area (TPSA) is 17.1 Å². The van der Waals surface area contributed by atoms with Crippen molar-refractivity contribution in [2.45, 2.75) is 57.3 Å². The van der Waals surface area contributed by atoms with E-state index < -0.39 is 7.92 Å². The van der Waals surface area contributed by atoms with Gasteiger partial charge in [-0.1, -0.05) is 63.4 Å². The fourth-order valence-corrected chi connectivity index (χ4v) is 5.92. The van der Waals surface area contributed by atoms with Crippen LogP contribution in [-0.2, 0) is 0 Å². The Hall–Kier alpha value is -0.680. The van der Waals surface area contributed by atoms with Crippen LogP contribution in [0.1, 0.15) is 56.3 Å². The highest BCUT2D eigenvalue weighted by molar-refractivity contribution is 7.76. The molecule has 0 heterocycles. The lowest BCUT2D eigenvalue weighted by Gasteiger charge is -2.32. The number of benzene rings is 1. The molecule has 1 nitrogen and oxygen atoms in total. The molecule has 1 aliphatic carbocycles. The molecular formula is C16H23OP. The molecule has 0 bridgehead atoms. The van der Waals surface area contributed by atoms with Gasteiger partial charge in [0.05, 0.1) is 0 Å². The molecule has 0 amide bonds. The zero-order chi connectivity index (χ0) is 13.0. The highest BCUT2D eigenvalue weighted by Crippen LogP contribution is 2.53. The minimum atomic E-state index is -0.514. The predicted molar refractivity (Wildman–Crippen MR) is 79.7 cm³/mol. The van der Waals surface area contributed by atoms with E-state index >= 15 is 0 Å². The summed E-state index contributed by atoms with van der Waals surface area (Å²) in [6.07, 6.45) is 6.53. The van der Waals surface area contributed by atoms with E-state index in [-0.39, 0.29) is 0 Å². The first-order valence-corrected chi connectivity index (χ1v) is 8.56. The van der Waals surface area contributed by atoms with Crippen LogP contribution in [0, 0.1) is 0 Å². The van der Waals surface area contributed by atoms with Gasteiger partial charge in [0, 0.05) is 5.56 Å². The van der Waals surface area contributed by atoms with E-state index in [9.17, 15) is 4.79 Å². The van der Waals surface area contributed by atoms with Crippen LogP contribution in [0.2, 0.25) is 0 Å². The molecule has 98 valence electrons. The molecule has 0 aliphatic heterocycles. The van der Waals surface area contributed by atoms with E-state index in [1.807, 2.05) is 30.3 Å². The Labute approximate surface area is 112 Å². The van der Waals surface area contributed by atoms with Crippen molar-refractivity contribution < 1.29 is 4.79 Å². The van der Waals surface area contributed by atoms with Crippen LogP contribution in [0.4, 0.5) is 0 Å². The van der Waals surface area contributed by atoms with Crippen LogP contribution < -0.4 is 0 Å². The molecule has 1 aromatic rings. The Bertz CT molecular complexity index is 379. The summed E-state index contributed by atoms with van der Waals surface area (Å²) in [6, 6.07) is 9.88. The zero-order valence-corrected chi connectivity index (χ0v) is 12.3. The Morgan fingerprint density at radius 2 is 1.72 bits per heavy atom. The highest BCUT2D eigenvalue weighted by atomic mass is 31.1. The van der Waals surface area contributed by atoms with Crippen LogP contribution in [0.5, 0.6) is 0 Å². The van der Waals surface area contributed by atoms with Crippen LogP contribution in [0.3, 0.4) is 0 Å². The number of carbonyl (C=O) groups is 1. The second kappa shape index (κ2) is 6.48. The molecule has 0 saturated heterocycles. The van der Waals surface area contributed by atoms with E-state index in [0.29, 0.717) is 16.8 Å². The average Bonchev–Trinajstić information content (AvgIpc) is 2.40. The SMILES string of the molecule is CC(C)P(C(=O)c1ccccc1)C1CCCCC1. The normalized spacial score (nSPS) is 18.8. The van der Waals surface area contributed by atoms with Crippen molar-refractivity contribution in [3.8, 4) is 0 Å². The minimum Gasteiger partial charge on any atom is -0.289 e. The molecule has 1 aromatic carbocycles. The van der Waals surface area contributed by atoms with Crippen LogP contribution in [-0.4, -0.2) is 16.8 Å². The summed E-state index contributed by atoms with van der Waals surface area (Å²) in [5.74, 6) is 0. The number of hydrogen-bond donors (Lipinski definition) is 0. The smallest absolute Gasteiger partial charge is 0.184 e. The summed E-state index contributed by atoms with van der Waals surface area (Å²) < 4.78 is 0. The lowest BCUT2D eigenvalue weighted by molar-refractivity contribution is 0.108. The summed E-state index contributed by atoms with van der Waals surface area (Å²) in [4.78, 5) is 12.7. The third kappa shape index (κ3) is 3.20. The quantitative estimate of drug-likeness (QED) is 0.694. The number of rotatable bonds is 4. The van der Waals surface area contributed by atoms with E-state index in [1.165, 1.54) is 32.1 Å². The van der Waals surface area contributed by atoms with Gasteiger partial charge in [0.2, 0.25) is 0 Å². The minimum absolute atomic E-state index is 0.424. The molecule has 18 heavy (non-hydrogen) atoms. The summed E-state index contributed by atoms with van der Waals surface area (Å²) >= 11 is 0. The molecule has 0 N–H and O–H groups in total. The van der Waals surface area contributed by atoms with Crippen molar-refractivity contribution >= 4 is 13.4 Å². The van der Waals surface area contributed by atoms with E-state index in [1.54, 1.807) is 0 Å². The third-order valence-electron chi connectivity index (χ3n) is 3.78. The van der Waals surface area contributed by atoms with Crippen molar-refractivity contribution in [3.63, 3.8) is 0 Å². The van der Waals surface area contributed by atoms with Crippen LogP contribution >= 0.6 is 7.92 Å². The molecule has 0 spiro atoms. The van der Waals surface area contributed by atoms with Gasteiger partial charge in [-0.25, -0.2) is 0 Å². The molecule has 1 atom stereocenters. The number of carbonyl (C=O) groups excluding carboxylic acids is 1. The van der Waals surface area contributed by atoms with E-state index in [0.717, 1.165) is 5.56 Å². The summed E-state index contributed by atoms with van der Waals surface area (Å²) in [5, 5.41) is 0. The Balaban J connectivity index is 2.17. The fourth-order valence-electron chi connectivity index (χ4n) is 2.91. The molecule has 1 unspecified atom stereocenters. The van der Waals surface area contributed by atoms with Gasteiger partial charge in [0.1, 0.15) is 0 Å². The van der Waals surface area contributed by atoms with Crippen molar-refractivity contribution in [1.29, 1.82) is 0 Å². The summed E-state index contributed by atoms with van der Waals surface area (Å²) in [7, 11) is -0.514. The standard InChI is InChI=1S/C16H23OP/c1-13(2)18(15-11-7-4-8-12-15)16(17)14-9-5-3-6-10-14/h3,5-6,9-10,13,15H,4,7-8,11-12H2,1-2H3. The first-order valence-electron chi connectivity index (χ1n) is 7.08. The van der Waals surface area contributed by atoms with Crippen molar-refractivity contribution in [1.82, 2.24) is 0 Å². The zero-order valence-electron chi connectivity index (χ0n) is 11.4. The lowest BCUT2D eigenvalue weighted by Crippen LogP contribution is -2.19. The predicted octanol–water partition coefficient (Wildman–Crippen LogP) is 5.05. The molecule has 1 saturated carbocycles. The monoisotopic (exact) mass is 262 g/mol. The molecular weight excluding hydrogens is 239 g/mol. The first-order chi connectivity index (χ1) is 8.70. The maximum Gasteiger partial charge on any atom is 0.184 e. The Morgan fingerprint density at radius 3 is 2.28 bits per heavy atom. The van der Waals surface area contributed by atoms with Crippen molar-refractivity contribution in [2.75, 3.05) is 0 Å². The van der Waals surface area contributed by atoms with Gasteiger partial charge in [-0.2, -0.15) is 0 Å². The molecule has 0 aromatic heterocycles. The van der Waals surface area contributed by atoms with Crippen LogP contribution in [0.15, 0.2) is 30.3 Å². The third-order valence-corrected chi connectivity index (χ3v) is 6.92. The summed E-state index contributed by atoms with van der Waals surface area (Å²) in [6.45, 7) is 4.45. The van der Waals surface area contributed by atoms with Crippen molar-refractivity contribution in [2.24, 2.45) is 0 Å². The maximum atomic E-state index is 12.7. The van der Waals surface area contributed by atoms with Gasteiger partial charge in [-0.15, -0.1) is 0 Å². The molecule has 0 radical (unpaired) electrons. The highest BCUT2D eigenvalue weighted by Gasteiger charge is 2.31.